The van der Waals surface area contributed by atoms with Crippen LogP contribution in [0, 0.1) is 17.2 Å². The number of hydrogen-bond acceptors (Lipinski definition) is 3. The molecule has 0 aromatic heterocycles. The number of alkyl halides is 3. The van der Waals surface area contributed by atoms with Gasteiger partial charge in [-0.3, -0.25) is 4.79 Å². The van der Waals surface area contributed by atoms with E-state index in [0.29, 0.717) is 18.1 Å². The highest BCUT2D eigenvalue weighted by Gasteiger charge is 2.45. The first-order chi connectivity index (χ1) is 15.2. The lowest BCUT2D eigenvalue weighted by Gasteiger charge is -2.38. The molecule has 1 spiro atoms. The number of ether oxygens (including phenoxy) is 1. The van der Waals surface area contributed by atoms with Gasteiger partial charge in [0.2, 0.25) is 0 Å². The molecule has 170 valence electrons. The van der Waals surface area contributed by atoms with E-state index in [1.165, 1.54) is 0 Å². The molecule has 4 rings (SSSR count). The summed E-state index contributed by atoms with van der Waals surface area (Å²) in [6.07, 6.45) is 1.98. The van der Waals surface area contributed by atoms with Crippen molar-refractivity contribution >= 4 is 5.91 Å². The van der Waals surface area contributed by atoms with E-state index in [9.17, 15) is 23.2 Å². The lowest BCUT2D eigenvalue weighted by Crippen LogP contribution is -2.48. The monoisotopic (exact) mass is 444 g/mol. The summed E-state index contributed by atoms with van der Waals surface area (Å²) >= 11 is 0. The van der Waals surface area contributed by atoms with Crippen LogP contribution in [0.2, 0.25) is 0 Å². The Morgan fingerprint density at radius 3 is 2.81 bits per heavy atom. The van der Waals surface area contributed by atoms with Gasteiger partial charge in [-0.2, -0.15) is 18.4 Å². The van der Waals surface area contributed by atoms with Gasteiger partial charge in [0.1, 0.15) is 17.4 Å². The van der Waals surface area contributed by atoms with E-state index >= 15 is 0 Å². The van der Waals surface area contributed by atoms with Gasteiger partial charge in [0.25, 0.3) is 5.91 Å². The maximum atomic E-state index is 12.9. The number of nitrogens with zero attached hydrogens (tertiary/aromatic N) is 1. The Morgan fingerprint density at radius 1 is 1.31 bits per heavy atom. The highest BCUT2D eigenvalue weighted by molar-refractivity contribution is 6.00. The Morgan fingerprint density at radius 2 is 2.12 bits per heavy atom. The Kier molecular flexibility index (Phi) is 6.07. The summed E-state index contributed by atoms with van der Waals surface area (Å²) in [6, 6.07) is 7.66. The molecule has 3 aliphatic rings. The number of carbonyl (C=O) groups excluding carboxylic acids is 1. The molecule has 7 heteroatoms. The zero-order valence-electron chi connectivity index (χ0n) is 18.1. The Bertz CT molecular complexity index is 1020. The number of nitriles is 1. The Labute approximate surface area is 186 Å². The first kappa shape index (κ1) is 22.4. The molecule has 2 atom stereocenters. The molecule has 0 fully saturated rings. The number of benzene rings is 1. The van der Waals surface area contributed by atoms with E-state index in [4.69, 9.17) is 4.74 Å². The smallest absolute Gasteiger partial charge is 0.389 e. The van der Waals surface area contributed by atoms with Gasteiger partial charge in [0.15, 0.2) is 0 Å². The molecule has 4 nitrogen and oxygen atoms in total. The van der Waals surface area contributed by atoms with Crippen LogP contribution in [0.15, 0.2) is 41.0 Å². The van der Waals surface area contributed by atoms with Crippen molar-refractivity contribution in [3.63, 3.8) is 0 Å². The lowest BCUT2D eigenvalue weighted by molar-refractivity contribution is -0.136. The quantitative estimate of drug-likeness (QED) is 0.598. The van der Waals surface area contributed by atoms with Gasteiger partial charge in [0.05, 0.1) is 12.1 Å². The van der Waals surface area contributed by atoms with Crippen LogP contribution in [0.5, 0.6) is 5.75 Å². The van der Waals surface area contributed by atoms with E-state index < -0.39 is 18.1 Å². The number of halogens is 3. The zero-order chi connectivity index (χ0) is 22.9. The molecule has 1 N–H and O–H groups in total. The summed E-state index contributed by atoms with van der Waals surface area (Å²) in [7, 11) is 0. The highest BCUT2D eigenvalue weighted by Crippen LogP contribution is 2.47. The predicted octanol–water partition coefficient (Wildman–Crippen LogP) is 5.64. The second-order valence-corrected chi connectivity index (χ2v) is 9.17. The van der Waals surface area contributed by atoms with Crippen molar-refractivity contribution in [3.05, 3.63) is 52.1 Å². The number of hydrogen-bond donors (Lipinski definition) is 1. The summed E-state index contributed by atoms with van der Waals surface area (Å²) in [6.45, 7) is 2.21. The molecule has 2 aliphatic carbocycles. The van der Waals surface area contributed by atoms with Crippen LogP contribution in [-0.2, 0) is 16.8 Å². The van der Waals surface area contributed by atoms with Crippen molar-refractivity contribution in [2.24, 2.45) is 5.92 Å². The Balaban J connectivity index is 1.54. The molecule has 32 heavy (non-hydrogen) atoms. The molecule has 1 aromatic rings. The van der Waals surface area contributed by atoms with E-state index in [1.54, 1.807) is 6.07 Å². The lowest BCUT2D eigenvalue weighted by atomic mass is 9.75. The van der Waals surface area contributed by atoms with Crippen molar-refractivity contribution < 1.29 is 22.7 Å². The highest BCUT2D eigenvalue weighted by atomic mass is 19.4. The van der Waals surface area contributed by atoms with Gasteiger partial charge in [0, 0.05) is 12.8 Å². The summed E-state index contributed by atoms with van der Waals surface area (Å²) in [4.78, 5) is 12.9. The van der Waals surface area contributed by atoms with Crippen molar-refractivity contribution in [1.82, 2.24) is 5.32 Å². The van der Waals surface area contributed by atoms with Gasteiger partial charge in [-0.05, 0) is 78.8 Å². The van der Waals surface area contributed by atoms with Gasteiger partial charge < -0.3 is 10.1 Å². The largest absolute Gasteiger partial charge is 0.494 e. The summed E-state index contributed by atoms with van der Waals surface area (Å²) in [5.74, 6) is 0.828. The molecular weight excluding hydrogens is 417 g/mol. The minimum atomic E-state index is -4.17. The molecule has 0 saturated carbocycles. The standard InChI is InChI=1S/C25H27F3N2O2/c1-16-3-5-17(6-4-16)20-14-24(30-23(31)21(20)15-29)11-9-18-13-19(7-8-22(18)24)32-12-2-10-25(26,27)28/h5,7-8,13,16H,2-4,6,9-12,14H2,1H3,(H,30,31). The molecule has 0 bridgehead atoms. The van der Waals surface area contributed by atoms with Crippen molar-refractivity contribution in [3.8, 4) is 11.8 Å². The van der Waals surface area contributed by atoms with Gasteiger partial charge in [-0.25, -0.2) is 0 Å². The zero-order valence-corrected chi connectivity index (χ0v) is 18.1. The fraction of sp³-hybridized carbons (Fsp3) is 0.520. The summed E-state index contributed by atoms with van der Waals surface area (Å²) in [5, 5.41) is 12.8. The second kappa shape index (κ2) is 8.65. The number of allylic oxidation sites excluding steroid dienone is 2. The number of rotatable bonds is 5. The average molecular weight is 444 g/mol. The third-order valence-electron chi connectivity index (χ3n) is 6.82. The van der Waals surface area contributed by atoms with E-state index in [-0.39, 0.29) is 24.5 Å². The van der Waals surface area contributed by atoms with E-state index in [2.05, 4.69) is 24.4 Å². The summed E-state index contributed by atoms with van der Waals surface area (Å²) in [5.41, 5.74) is 3.68. The first-order valence-electron chi connectivity index (χ1n) is 11.2. The average Bonchev–Trinajstić information content (AvgIpc) is 3.08. The van der Waals surface area contributed by atoms with E-state index in [1.807, 2.05) is 12.1 Å². The van der Waals surface area contributed by atoms with Crippen LogP contribution in [0.1, 0.15) is 63.0 Å². The number of nitrogens with one attached hydrogen (secondary N) is 1. The molecule has 1 amide bonds. The maximum absolute atomic E-state index is 12.9. The van der Waals surface area contributed by atoms with Crippen molar-refractivity contribution in [2.75, 3.05) is 6.61 Å². The van der Waals surface area contributed by atoms with Crippen LogP contribution in [0.4, 0.5) is 13.2 Å². The number of amides is 1. The molecule has 2 unspecified atom stereocenters. The molecule has 0 radical (unpaired) electrons. The molecule has 1 heterocycles. The molecular formula is C25H27F3N2O2. The van der Waals surface area contributed by atoms with Crippen molar-refractivity contribution in [1.29, 1.82) is 5.26 Å². The fourth-order valence-electron chi connectivity index (χ4n) is 5.08. The van der Waals surface area contributed by atoms with Crippen molar-refractivity contribution in [2.45, 2.75) is 70.0 Å². The van der Waals surface area contributed by atoms with Gasteiger partial charge in [-0.1, -0.05) is 19.1 Å². The third kappa shape index (κ3) is 4.55. The number of aryl methyl sites for hydroxylation is 1. The Hall–Kier alpha value is -2.75. The minimum absolute atomic E-state index is 0.00513. The maximum Gasteiger partial charge on any atom is 0.389 e. The third-order valence-corrected chi connectivity index (χ3v) is 6.82. The van der Waals surface area contributed by atoms with Crippen LogP contribution in [-0.4, -0.2) is 18.7 Å². The minimum Gasteiger partial charge on any atom is -0.494 e. The SMILES string of the molecule is CC1CC=C(C2=C(C#N)C(=O)NC3(CCc4cc(OCCCC(F)(F)F)ccc43)C2)CC1. The molecule has 1 aliphatic heterocycles. The van der Waals surface area contributed by atoms with E-state index in [0.717, 1.165) is 54.4 Å². The second-order valence-electron chi connectivity index (χ2n) is 9.17. The molecule has 0 saturated heterocycles. The number of fused-ring (bicyclic) bond motifs is 2. The fourth-order valence-corrected chi connectivity index (χ4v) is 5.08. The van der Waals surface area contributed by atoms with Crippen LogP contribution >= 0.6 is 0 Å². The van der Waals surface area contributed by atoms with Crippen LogP contribution in [0.25, 0.3) is 0 Å². The van der Waals surface area contributed by atoms with Gasteiger partial charge >= 0.3 is 6.18 Å². The normalized spacial score (nSPS) is 25.3. The molecule has 1 aromatic carbocycles. The van der Waals surface area contributed by atoms with Gasteiger partial charge in [-0.15, -0.1) is 0 Å². The van der Waals surface area contributed by atoms with Crippen LogP contribution < -0.4 is 10.1 Å². The number of carbonyl (C=O) groups is 1. The topological polar surface area (TPSA) is 62.1 Å². The first-order valence-corrected chi connectivity index (χ1v) is 11.2. The summed E-state index contributed by atoms with van der Waals surface area (Å²) < 4.78 is 42.5. The predicted molar refractivity (Wildman–Crippen MR) is 114 cm³/mol. The van der Waals surface area contributed by atoms with Crippen LogP contribution in [0.3, 0.4) is 0 Å².